The van der Waals surface area contributed by atoms with Gasteiger partial charge in [-0.3, -0.25) is 0 Å². The van der Waals surface area contributed by atoms with E-state index in [9.17, 15) is 0 Å². The zero-order chi connectivity index (χ0) is 22.0. The molecule has 0 fully saturated rings. The van der Waals surface area contributed by atoms with Crippen molar-refractivity contribution < 1.29 is 45.7 Å². The molecule has 6 rings (SSSR count). The fourth-order valence-electron chi connectivity index (χ4n) is 6.17. The third-order valence-electron chi connectivity index (χ3n) is 7.54. The normalized spacial score (nSPS) is 18.1. The van der Waals surface area contributed by atoms with E-state index >= 15 is 0 Å². The van der Waals surface area contributed by atoms with Crippen LogP contribution in [0.3, 0.4) is 0 Å². The molecule has 2 aliphatic rings. The van der Waals surface area contributed by atoms with Crippen LogP contribution in [0.2, 0.25) is 13.1 Å². The summed E-state index contributed by atoms with van der Waals surface area (Å²) >= 11 is -1.92. The number of fused-ring (bicyclic) bond motifs is 4. The van der Waals surface area contributed by atoms with Crippen LogP contribution < -0.4 is 24.8 Å². The molecule has 0 amide bonds. The largest absolute Gasteiger partial charge is 1.00 e. The summed E-state index contributed by atoms with van der Waals surface area (Å²) in [6.45, 7) is 10.1. The van der Waals surface area contributed by atoms with Crippen molar-refractivity contribution >= 4 is 39.6 Å². The molecule has 2 unspecified atom stereocenters. The van der Waals surface area contributed by atoms with Crippen LogP contribution in [0.4, 0.5) is 0 Å². The van der Waals surface area contributed by atoms with Crippen molar-refractivity contribution in [3.05, 3.63) is 106 Å². The van der Waals surface area contributed by atoms with Crippen molar-refractivity contribution in [1.29, 1.82) is 0 Å². The van der Waals surface area contributed by atoms with E-state index in [1.165, 1.54) is 32.7 Å². The van der Waals surface area contributed by atoms with Crippen LogP contribution in [0.25, 0.3) is 33.7 Å². The average molecular weight is 580 g/mol. The summed E-state index contributed by atoms with van der Waals surface area (Å²) in [4.78, 5) is 0. The minimum atomic E-state index is -1.92. The van der Waals surface area contributed by atoms with Gasteiger partial charge in [-0.1, -0.05) is 0 Å². The van der Waals surface area contributed by atoms with E-state index in [0.717, 1.165) is 7.25 Å². The summed E-state index contributed by atoms with van der Waals surface area (Å²) in [6, 6.07) is 27.7. The average Bonchev–Trinajstić information content (AvgIpc) is 3.26. The first-order chi connectivity index (χ1) is 15.5. The van der Waals surface area contributed by atoms with Crippen molar-refractivity contribution in [3.8, 4) is 0 Å². The molecule has 0 bridgehead atoms. The molecule has 0 saturated carbocycles. The Morgan fingerprint density at radius 2 is 0.941 bits per heavy atom. The monoisotopic (exact) mass is 577 g/mol. The first kappa shape index (κ1) is 25.6. The van der Waals surface area contributed by atoms with Gasteiger partial charge in [0.15, 0.2) is 0 Å². The maximum atomic E-state index is 2.65. The van der Waals surface area contributed by atoms with Gasteiger partial charge in [-0.15, -0.1) is 0 Å². The van der Waals surface area contributed by atoms with Crippen LogP contribution in [0.15, 0.2) is 83.9 Å². The van der Waals surface area contributed by atoms with Crippen molar-refractivity contribution in [2.75, 3.05) is 0 Å². The molecule has 4 heteroatoms. The molecule has 0 saturated heterocycles. The van der Waals surface area contributed by atoms with Gasteiger partial charge >= 0.3 is 201 Å². The second kappa shape index (κ2) is 9.90. The summed E-state index contributed by atoms with van der Waals surface area (Å²) in [5.74, 6) is -0.796. The fourth-order valence-corrected chi connectivity index (χ4v) is 29.4. The van der Waals surface area contributed by atoms with Crippen LogP contribution in [-0.4, -0.2) is 5.92 Å². The van der Waals surface area contributed by atoms with E-state index in [0.29, 0.717) is 0 Å². The molecule has 4 aromatic rings. The molecule has 34 heavy (non-hydrogen) atoms. The molecule has 0 aromatic heterocycles. The van der Waals surface area contributed by atoms with E-state index in [4.69, 9.17) is 0 Å². The Balaban J connectivity index is 0.00000137. The van der Waals surface area contributed by atoms with Crippen LogP contribution in [-0.2, 0) is 20.9 Å². The Bertz CT molecular complexity index is 1350. The summed E-state index contributed by atoms with van der Waals surface area (Å²) in [5, 5.41) is 5.54. The molecule has 0 N–H and O–H groups in total. The Kier molecular flexibility index (Phi) is 7.47. The van der Waals surface area contributed by atoms with E-state index in [2.05, 4.69) is 112 Å². The zero-order valence-electron chi connectivity index (χ0n) is 20.1. The van der Waals surface area contributed by atoms with Gasteiger partial charge in [0.2, 0.25) is 0 Å². The van der Waals surface area contributed by atoms with Crippen molar-refractivity contribution in [3.63, 3.8) is 0 Å². The number of allylic oxidation sites excluding steroid dienone is 2. The first-order valence-electron chi connectivity index (χ1n) is 11.8. The van der Waals surface area contributed by atoms with Crippen LogP contribution in [0.1, 0.15) is 43.4 Å². The van der Waals surface area contributed by atoms with Gasteiger partial charge in [0, 0.05) is 0 Å². The van der Waals surface area contributed by atoms with Crippen LogP contribution >= 0.6 is 0 Å². The summed E-state index contributed by atoms with van der Waals surface area (Å²) in [5.41, 5.74) is 9.51. The van der Waals surface area contributed by atoms with Crippen LogP contribution in [0.5, 0.6) is 0 Å². The minimum Gasteiger partial charge on any atom is -1.00 e. The fraction of sp³-hybridized carbons (Fsp3) is 0.200. The maximum Gasteiger partial charge on any atom is -1.00 e. The molecular weight excluding hydrogens is 551 g/mol. The number of hydrogen-bond acceptors (Lipinski definition) is 0. The summed E-state index contributed by atoms with van der Waals surface area (Å²) < 4.78 is 1.43. The van der Waals surface area contributed by atoms with Crippen molar-refractivity contribution in [2.45, 2.75) is 34.2 Å². The molecule has 0 aliphatic heterocycles. The van der Waals surface area contributed by atoms with Gasteiger partial charge in [-0.05, 0) is 0 Å². The molecule has 0 heterocycles. The number of benzene rings is 4. The van der Waals surface area contributed by atoms with Gasteiger partial charge in [-0.25, -0.2) is 0 Å². The standard InChI is InChI=1S/2C14H11.C2H7Si.2ClH.Zr/c2*1-10-6-13-8-11-4-2-3-5-12(11)9-14(13)7-10;1-3-2;;;/h2*2-9H,1H3;3H,1-2H3;2*1H;/q;;;;;+2/p-2. The van der Waals surface area contributed by atoms with Gasteiger partial charge in [0.05, 0.1) is 0 Å². The second-order valence-electron chi connectivity index (χ2n) is 9.95. The number of halogens is 2. The Labute approximate surface area is 224 Å². The molecule has 0 spiro atoms. The predicted molar refractivity (Wildman–Crippen MR) is 140 cm³/mol. The van der Waals surface area contributed by atoms with Gasteiger partial charge in [-0.2, -0.15) is 0 Å². The summed E-state index contributed by atoms with van der Waals surface area (Å²) in [7, 11) is 0. The Hall–Kier alpha value is -1.44. The Morgan fingerprint density at radius 3 is 1.29 bits per heavy atom. The van der Waals surface area contributed by atoms with Gasteiger partial charge in [0.25, 0.3) is 0 Å². The zero-order valence-corrected chi connectivity index (χ0v) is 25.2. The predicted octanol–water partition coefficient (Wildman–Crippen LogP) is 2.22. The van der Waals surface area contributed by atoms with E-state index < -0.39 is 26.8 Å². The second-order valence-corrected chi connectivity index (χ2v) is 30.0. The molecular formula is C30H29Cl2SiZr. The van der Waals surface area contributed by atoms with Gasteiger partial charge in [0.1, 0.15) is 0 Å². The number of hydrogen-bond donors (Lipinski definition) is 0. The van der Waals surface area contributed by atoms with E-state index in [1.54, 1.807) is 22.3 Å². The topological polar surface area (TPSA) is 0 Å². The molecule has 2 aliphatic carbocycles. The van der Waals surface area contributed by atoms with Gasteiger partial charge < -0.3 is 24.8 Å². The maximum absolute atomic E-state index is 2.65. The molecule has 171 valence electrons. The first-order valence-corrected chi connectivity index (χ1v) is 21.8. The SMILES string of the molecule is CC1=Cc2cc3ccccc3cc2[CH]1[Zr+2]([CH]1C(C)=Cc2cc3ccccc3cc21)[SiH](C)C.[Cl-].[Cl-]. The molecule has 4 aromatic carbocycles. The minimum absolute atomic E-state index is 0. The molecule has 2 atom stereocenters. The van der Waals surface area contributed by atoms with E-state index in [-0.39, 0.29) is 24.8 Å². The summed E-state index contributed by atoms with van der Waals surface area (Å²) in [6.07, 6.45) is 5.03. The van der Waals surface area contributed by atoms with E-state index in [1.807, 2.05) is 0 Å². The smallest absolute Gasteiger partial charge is 1.00 e. The quantitative estimate of drug-likeness (QED) is 0.327. The van der Waals surface area contributed by atoms with Crippen molar-refractivity contribution in [1.82, 2.24) is 0 Å². The third-order valence-corrected chi connectivity index (χ3v) is 29.7. The molecule has 0 radical (unpaired) electrons. The Morgan fingerprint density at radius 1 is 0.588 bits per heavy atom. The third kappa shape index (κ3) is 4.11. The molecule has 0 nitrogen and oxygen atoms in total. The van der Waals surface area contributed by atoms with Crippen molar-refractivity contribution in [2.24, 2.45) is 0 Å². The number of rotatable bonds is 3. The van der Waals surface area contributed by atoms with Crippen LogP contribution in [0, 0.1) is 0 Å².